The lowest BCUT2D eigenvalue weighted by Gasteiger charge is -2.15. The second kappa shape index (κ2) is 7.79. The van der Waals surface area contributed by atoms with Crippen LogP contribution < -0.4 is 10.7 Å². The molecule has 1 heterocycles. The molecule has 0 fully saturated rings. The Morgan fingerprint density at radius 1 is 1.27 bits per heavy atom. The zero-order valence-electron chi connectivity index (χ0n) is 13.8. The van der Waals surface area contributed by atoms with Crippen LogP contribution >= 0.6 is 11.8 Å². The molecule has 1 aliphatic rings. The number of hydrogen-bond acceptors (Lipinski definition) is 6. The molecular formula is C17H15N5O3S. The van der Waals surface area contributed by atoms with E-state index < -0.39 is 4.92 Å². The number of aliphatic imine (C=N–C) groups is 1. The highest BCUT2D eigenvalue weighted by atomic mass is 32.2. The van der Waals surface area contributed by atoms with Gasteiger partial charge in [-0.15, -0.1) is 0 Å². The van der Waals surface area contributed by atoms with Crippen molar-refractivity contribution in [1.29, 1.82) is 0 Å². The molecule has 0 spiro atoms. The van der Waals surface area contributed by atoms with Gasteiger partial charge in [0.25, 0.3) is 5.69 Å². The number of rotatable bonds is 4. The fraction of sp³-hybridized carbons (Fsp3) is 0.118. The molecule has 0 aromatic heterocycles. The summed E-state index contributed by atoms with van der Waals surface area (Å²) >= 11 is 1.41. The lowest BCUT2D eigenvalue weighted by atomic mass is 10.1. The highest BCUT2D eigenvalue weighted by Gasteiger charge is 2.16. The first-order valence-corrected chi connectivity index (χ1v) is 8.67. The molecule has 8 nitrogen and oxygen atoms in total. The number of nitro benzene ring substituents is 1. The van der Waals surface area contributed by atoms with Gasteiger partial charge in [0.05, 0.1) is 10.6 Å². The number of thioether (sulfide) groups is 1. The summed E-state index contributed by atoms with van der Waals surface area (Å²) in [5.41, 5.74) is 5.54. The summed E-state index contributed by atoms with van der Waals surface area (Å²) in [4.78, 5) is 25.9. The number of para-hydroxylation sites is 2. The van der Waals surface area contributed by atoms with E-state index in [4.69, 9.17) is 0 Å². The number of amides is 1. The monoisotopic (exact) mass is 369 g/mol. The molecule has 0 saturated carbocycles. The average molecular weight is 369 g/mol. The van der Waals surface area contributed by atoms with Gasteiger partial charge < -0.3 is 5.32 Å². The maximum Gasteiger partial charge on any atom is 0.294 e. The molecule has 0 aliphatic carbocycles. The van der Waals surface area contributed by atoms with Crippen LogP contribution in [0.25, 0.3) is 0 Å². The van der Waals surface area contributed by atoms with Gasteiger partial charge in [-0.2, -0.15) is 5.10 Å². The highest BCUT2D eigenvalue weighted by Crippen LogP contribution is 2.28. The summed E-state index contributed by atoms with van der Waals surface area (Å²) in [6.45, 7) is 1.46. The molecule has 0 atom stereocenters. The first-order chi connectivity index (χ1) is 12.5. The van der Waals surface area contributed by atoms with Gasteiger partial charge in [-0.3, -0.25) is 20.3 Å². The fourth-order valence-corrected chi connectivity index (χ4v) is 3.07. The van der Waals surface area contributed by atoms with Gasteiger partial charge in [-0.25, -0.2) is 4.99 Å². The van der Waals surface area contributed by atoms with Gasteiger partial charge in [0.15, 0.2) is 5.17 Å². The SMILES string of the molecule is CC(=O)Nc1ccc(C2=NNC(=Nc3ccccc3[N+](=O)[O-])SC2)cc1. The maximum absolute atomic E-state index is 11.1. The Morgan fingerprint density at radius 3 is 2.62 bits per heavy atom. The van der Waals surface area contributed by atoms with Gasteiger partial charge in [0.2, 0.25) is 5.91 Å². The molecule has 2 aromatic carbocycles. The predicted octanol–water partition coefficient (Wildman–Crippen LogP) is 3.28. The van der Waals surface area contributed by atoms with E-state index in [0.29, 0.717) is 10.9 Å². The number of nitrogens with one attached hydrogen (secondary N) is 2. The van der Waals surface area contributed by atoms with Crippen LogP contribution in [-0.2, 0) is 4.79 Å². The molecule has 0 bridgehead atoms. The van der Waals surface area contributed by atoms with Crippen LogP contribution in [0.4, 0.5) is 17.1 Å². The Kier molecular flexibility index (Phi) is 5.28. The standard InChI is InChI=1S/C17H15N5O3S/c1-11(23)18-13-8-6-12(7-9-13)15-10-26-17(21-20-15)19-14-4-2-3-5-16(14)22(24)25/h2-9H,10H2,1H3,(H,18,23)(H,19,21). The third-order valence-electron chi connectivity index (χ3n) is 3.47. The zero-order valence-corrected chi connectivity index (χ0v) is 14.6. The minimum atomic E-state index is -0.460. The van der Waals surface area contributed by atoms with E-state index in [2.05, 4.69) is 20.8 Å². The number of nitrogens with zero attached hydrogens (tertiary/aromatic N) is 3. The quantitative estimate of drug-likeness (QED) is 0.635. The molecule has 3 rings (SSSR count). The van der Waals surface area contributed by atoms with E-state index >= 15 is 0 Å². The number of anilines is 1. The lowest BCUT2D eigenvalue weighted by Crippen LogP contribution is -2.25. The van der Waals surface area contributed by atoms with E-state index in [1.807, 2.05) is 12.1 Å². The van der Waals surface area contributed by atoms with Gasteiger partial charge in [0.1, 0.15) is 5.69 Å². The van der Waals surface area contributed by atoms with Crippen molar-refractivity contribution in [2.24, 2.45) is 10.1 Å². The van der Waals surface area contributed by atoms with Gasteiger partial charge in [-0.1, -0.05) is 36.0 Å². The summed E-state index contributed by atoms with van der Waals surface area (Å²) in [6.07, 6.45) is 0. The number of amidine groups is 1. The molecule has 2 aromatic rings. The number of hydrogen-bond donors (Lipinski definition) is 2. The lowest BCUT2D eigenvalue weighted by molar-refractivity contribution is -0.384. The summed E-state index contributed by atoms with van der Waals surface area (Å²) in [6, 6.07) is 13.7. The summed E-state index contributed by atoms with van der Waals surface area (Å²) < 4.78 is 0. The van der Waals surface area contributed by atoms with Crippen LogP contribution in [0.5, 0.6) is 0 Å². The van der Waals surface area contributed by atoms with Gasteiger partial charge in [-0.05, 0) is 23.8 Å². The minimum Gasteiger partial charge on any atom is -0.326 e. The molecule has 9 heteroatoms. The smallest absolute Gasteiger partial charge is 0.294 e. The fourth-order valence-electron chi connectivity index (χ4n) is 2.29. The molecule has 0 saturated heterocycles. The van der Waals surface area contributed by atoms with E-state index in [1.165, 1.54) is 24.8 Å². The van der Waals surface area contributed by atoms with Crippen molar-refractivity contribution in [3.8, 4) is 0 Å². The Hall–Kier alpha value is -3.20. The Balaban J connectivity index is 1.74. The van der Waals surface area contributed by atoms with Crippen molar-refractivity contribution in [2.45, 2.75) is 6.92 Å². The summed E-state index contributed by atoms with van der Waals surface area (Å²) in [7, 11) is 0. The van der Waals surface area contributed by atoms with Crippen molar-refractivity contribution in [3.05, 3.63) is 64.2 Å². The molecule has 0 unspecified atom stereocenters. The maximum atomic E-state index is 11.1. The molecule has 2 N–H and O–H groups in total. The van der Waals surface area contributed by atoms with E-state index in [-0.39, 0.29) is 17.3 Å². The van der Waals surface area contributed by atoms with Crippen LogP contribution in [0.3, 0.4) is 0 Å². The third kappa shape index (κ3) is 4.25. The molecule has 132 valence electrons. The number of benzene rings is 2. The molecular weight excluding hydrogens is 354 g/mol. The van der Waals surface area contributed by atoms with E-state index in [0.717, 1.165) is 17.0 Å². The van der Waals surface area contributed by atoms with Crippen LogP contribution in [0.15, 0.2) is 58.6 Å². The van der Waals surface area contributed by atoms with E-state index in [9.17, 15) is 14.9 Å². The second-order valence-corrected chi connectivity index (χ2v) is 6.34. The van der Waals surface area contributed by atoms with Crippen molar-refractivity contribution in [1.82, 2.24) is 5.43 Å². The molecule has 1 amide bonds. The Bertz CT molecular complexity index is 909. The van der Waals surface area contributed by atoms with Gasteiger partial charge in [0, 0.05) is 24.4 Å². The van der Waals surface area contributed by atoms with Crippen molar-refractivity contribution in [3.63, 3.8) is 0 Å². The van der Waals surface area contributed by atoms with Gasteiger partial charge >= 0.3 is 0 Å². The topological polar surface area (TPSA) is 109 Å². The zero-order chi connectivity index (χ0) is 18.5. The van der Waals surface area contributed by atoms with Crippen molar-refractivity contribution >= 4 is 45.6 Å². The normalized spacial score (nSPS) is 15.1. The van der Waals surface area contributed by atoms with Crippen LogP contribution in [-0.4, -0.2) is 27.5 Å². The third-order valence-corrected chi connectivity index (χ3v) is 4.34. The number of nitro groups is 1. The number of carbonyl (C=O) groups is 1. The Labute approximate surface area is 153 Å². The first-order valence-electron chi connectivity index (χ1n) is 7.68. The van der Waals surface area contributed by atoms with Crippen LogP contribution in [0.1, 0.15) is 12.5 Å². The second-order valence-electron chi connectivity index (χ2n) is 5.38. The molecule has 1 aliphatic heterocycles. The first kappa shape index (κ1) is 17.6. The Morgan fingerprint density at radius 2 is 2.00 bits per heavy atom. The van der Waals surface area contributed by atoms with Crippen molar-refractivity contribution in [2.75, 3.05) is 11.1 Å². The number of hydrazone groups is 1. The predicted molar refractivity (Wildman–Crippen MR) is 103 cm³/mol. The number of carbonyl (C=O) groups excluding carboxylic acids is 1. The van der Waals surface area contributed by atoms with Crippen LogP contribution in [0, 0.1) is 10.1 Å². The van der Waals surface area contributed by atoms with E-state index in [1.54, 1.807) is 30.3 Å². The molecule has 0 radical (unpaired) electrons. The summed E-state index contributed by atoms with van der Waals surface area (Å²) in [5.74, 6) is 0.451. The summed E-state index contributed by atoms with van der Waals surface area (Å²) in [5, 5.41) is 18.6. The highest BCUT2D eigenvalue weighted by molar-refractivity contribution is 8.14. The minimum absolute atomic E-state index is 0.0502. The largest absolute Gasteiger partial charge is 0.326 e. The van der Waals surface area contributed by atoms with Crippen molar-refractivity contribution < 1.29 is 9.72 Å². The molecule has 26 heavy (non-hydrogen) atoms. The average Bonchev–Trinajstić information content (AvgIpc) is 2.63. The van der Waals surface area contributed by atoms with Crippen LogP contribution in [0.2, 0.25) is 0 Å².